The first-order valence-corrected chi connectivity index (χ1v) is 4.26. The van der Waals surface area contributed by atoms with Crippen LogP contribution in [0.3, 0.4) is 0 Å². The van der Waals surface area contributed by atoms with E-state index in [0.29, 0.717) is 0 Å². The highest BCUT2D eigenvalue weighted by Gasteiger charge is 1.75. The average molecular weight is 145 g/mol. The summed E-state index contributed by atoms with van der Waals surface area (Å²) in [6, 6.07) is 5.72. The molecule has 1 rings (SSSR count). The van der Waals surface area contributed by atoms with E-state index < -0.39 is 0 Å². The van der Waals surface area contributed by atoms with Crippen LogP contribution < -0.4 is 0 Å². The molecule has 0 spiro atoms. The maximum Gasteiger partial charge on any atom is 0.0776 e. The van der Waals surface area contributed by atoms with Crippen molar-refractivity contribution >= 4 is 22.0 Å². The van der Waals surface area contributed by atoms with Gasteiger partial charge >= 0.3 is 0 Å². The van der Waals surface area contributed by atoms with Crippen LogP contribution in [0.1, 0.15) is 6.92 Å². The van der Waals surface area contributed by atoms with Crippen LogP contribution in [0.5, 0.6) is 0 Å². The molecule has 0 bridgehead atoms. The molecule has 0 radical (unpaired) electrons. The Morgan fingerprint density at radius 3 is 2.00 bits per heavy atom. The SMILES string of the molecule is BBBCC.c1ccncc1. The van der Waals surface area contributed by atoms with Crippen LogP contribution >= 0.6 is 0 Å². The smallest absolute Gasteiger partial charge is 0.0776 e. The van der Waals surface area contributed by atoms with Gasteiger partial charge in [0.15, 0.2) is 0 Å². The highest BCUT2D eigenvalue weighted by molar-refractivity contribution is 7.23. The average Bonchev–Trinajstić information content (AvgIpc) is 2.10. The Bertz CT molecular complexity index is 117. The highest BCUT2D eigenvalue weighted by atomic mass is 14.6. The fourth-order valence-electron chi connectivity index (χ4n) is 0.666. The molecule has 0 amide bonds. The lowest BCUT2D eigenvalue weighted by Gasteiger charge is -1.72. The fourth-order valence-corrected chi connectivity index (χ4v) is 0.666. The van der Waals surface area contributed by atoms with Gasteiger partial charge in [-0.3, -0.25) is 4.98 Å². The molecule has 1 heterocycles. The van der Waals surface area contributed by atoms with Crippen molar-refractivity contribution in [2.75, 3.05) is 0 Å². The number of hydrogen-bond donors (Lipinski definition) is 0. The van der Waals surface area contributed by atoms with Gasteiger partial charge in [-0.2, -0.15) is 0 Å². The summed E-state index contributed by atoms with van der Waals surface area (Å²) >= 11 is 0. The molecule has 0 saturated heterocycles. The van der Waals surface area contributed by atoms with Crippen LogP contribution in [-0.2, 0) is 0 Å². The Balaban J connectivity index is 0.000000187. The first kappa shape index (κ1) is 10.3. The normalized spacial score (nSPS) is 7.36. The number of pyridine rings is 1. The van der Waals surface area contributed by atoms with Crippen LogP contribution in [0.2, 0.25) is 6.32 Å². The molecule has 0 saturated carbocycles. The van der Waals surface area contributed by atoms with E-state index in [2.05, 4.69) is 19.6 Å². The molecule has 0 aliphatic rings. The fraction of sp³-hybridized carbons (Fsp3) is 0.286. The van der Waals surface area contributed by atoms with Crippen molar-refractivity contribution < 1.29 is 0 Å². The zero-order valence-electron chi connectivity index (χ0n) is 7.46. The summed E-state index contributed by atoms with van der Waals surface area (Å²) in [4.78, 5) is 3.78. The molecule has 0 unspecified atom stereocenters. The first-order chi connectivity index (χ1) is 5.41. The summed E-state index contributed by atoms with van der Waals surface area (Å²) in [6.45, 7) is 2.21. The Labute approximate surface area is 71.5 Å². The predicted molar refractivity (Wildman–Crippen MR) is 57.6 cm³/mol. The lowest BCUT2D eigenvalue weighted by atomic mass is 9.27. The second-order valence-electron chi connectivity index (χ2n) is 2.38. The van der Waals surface area contributed by atoms with Crippen molar-refractivity contribution in [3.63, 3.8) is 0 Å². The summed E-state index contributed by atoms with van der Waals surface area (Å²) in [5.41, 5.74) is 0. The number of hydrogen-bond acceptors (Lipinski definition) is 1. The topological polar surface area (TPSA) is 12.9 Å². The Morgan fingerprint density at radius 1 is 1.27 bits per heavy atom. The third-order valence-corrected chi connectivity index (χ3v) is 1.27. The van der Waals surface area contributed by atoms with Crippen molar-refractivity contribution in [3.8, 4) is 0 Å². The lowest BCUT2D eigenvalue weighted by molar-refractivity contribution is 1.33. The summed E-state index contributed by atoms with van der Waals surface area (Å²) in [5.74, 6) is 0. The van der Waals surface area contributed by atoms with Gasteiger partial charge in [-0.25, -0.2) is 0 Å². The van der Waals surface area contributed by atoms with Gasteiger partial charge < -0.3 is 0 Å². The van der Waals surface area contributed by atoms with Crippen molar-refractivity contribution in [1.82, 2.24) is 4.98 Å². The molecule has 4 heteroatoms. The molecule has 56 valence electrons. The second kappa shape index (κ2) is 9.34. The van der Waals surface area contributed by atoms with Crippen LogP contribution in [0, 0.1) is 0 Å². The molecule has 0 aromatic carbocycles. The lowest BCUT2D eigenvalue weighted by Crippen LogP contribution is -1.98. The standard InChI is InChI=1S/C5H5N.C2H9B3/c1-2-4-6-5-3-1;1-2-4-5-3/h1-5H;4-5H,2-3H2,1H3. The van der Waals surface area contributed by atoms with Gasteiger partial charge in [-0.1, -0.05) is 19.3 Å². The van der Waals surface area contributed by atoms with E-state index >= 15 is 0 Å². The van der Waals surface area contributed by atoms with E-state index in [4.69, 9.17) is 0 Å². The second-order valence-corrected chi connectivity index (χ2v) is 2.38. The van der Waals surface area contributed by atoms with Crippen molar-refractivity contribution in [1.29, 1.82) is 0 Å². The molecule has 0 atom stereocenters. The van der Waals surface area contributed by atoms with Crippen LogP contribution in [0.15, 0.2) is 30.6 Å². The molecule has 11 heavy (non-hydrogen) atoms. The van der Waals surface area contributed by atoms with Gasteiger partial charge in [-0.15, -0.1) is 0 Å². The Hall–Kier alpha value is -0.655. The number of aromatic nitrogens is 1. The van der Waals surface area contributed by atoms with E-state index in [1.165, 1.54) is 20.6 Å². The highest BCUT2D eigenvalue weighted by Crippen LogP contribution is 1.73. The molecule has 0 aliphatic heterocycles. The number of rotatable bonds is 2. The van der Waals surface area contributed by atoms with Gasteiger partial charge in [0.05, 0.1) is 22.0 Å². The third kappa shape index (κ3) is 9.34. The monoisotopic (exact) mass is 145 g/mol. The molecular weight excluding hydrogens is 131 g/mol. The van der Waals surface area contributed by atoms with Gasteiger partial charge in [0.1, 0.15) is 0 Å². The van der Waals surface area contributed by atoms with Crippen molar-refractivity contribution in [2.45, 2.75) is 13.2 Å². The van der Waals surface area contributed by atoms with Gasteiger partial charge in [-0.05, 0) is 12.1 Å². The number of nitrogens with zero attached hydrogens (tertiary/aromatic N) is 1. The van der Waals surface area contributed by atoms with E-state index in [9.17, 15) is 0 Å². The maximum absolute atomic E-state index is 3.78. The van der Waals surface area contributed by atoms with Crippen molar-refractivity contribution in [3.05, 3.63) is 30.6 Å². The van der Waals surface area contributed by atoms with Crippen LogP contribution in [0.25, 0.3) is 0 Å². The molecule has 1 aromatic heterocycles. The van der Waals surface area contributed by atoms with E-state index in [1.54, 1.807) is 12.4 Å². The van der Waals surface area contributed by atoms with Gasteiger partial charge in [0.25, 0.3) is 0 Å². The van der Waals surface area contributed by atoms with Crippen LogP contribution in [0.4, 0.5) is 0 Å². The molecule has 1 aromatic rings. The minimum atomic E-state index is 1.34. The zero-order chi connectivity index (χ0) is 8.36. The first-order valence-electron chi connectivity index (χ1n) is 4.26. The van der Waals surface area contributed by atoms with E-state index in [1.807, 2.05) is 18.2 Å². The van der Waals surface area contributed by atoms with Gasteiger partial charge in [0, 0.05) is 12.4 Å². The quantitative estimate of drug-likeness (QED) is 0.526. The summed E-state index contributed by atoms with van der Waals surface area (Å²) in [5, 5.41) is 0. The zero-order valence-corrected chi connectivity index (χ0v) is 7.46. The third-order valence-electron chi connectivity index (χ3n) is 1.27. The predicted octanol–water partition coefficient (Wildman–Crippen LogP) is -0.158. The Morgan fingerprint density at radius 2 is 1.91 bits per heavy atom. The van der Waals surface area contributed by atoms with Crippen LogP contribution in [-0.4, -0.2) is 27.0 Å². The largest absolute Gasteiger partial charge is 0.265 e. The molecule has 1 nitrogen and oxygen atoms in total. The molecule has 0 N–H and O–H groups in total. The molecular formula is C7H14B3N. The minimum absolute atomic E-state index is 1.34. The summed E-state index contributed by atoms with van der Waals surface area (Å²) in [7, 11) is 4.94. The van der Waals surface area contributed by atoms with Crippen molar-refractivity contribution in [2.24, 2.45) is 0 Å². The summed E-state index contributed by atoms with van der Waals surface area (Å²) < 4.78 is 0. The maximum atomic E-state index is 3.78. The molecule has 0 fully saturated rings. The summed E-state index contributed by atoms with van der Waals surface area (Å²) in [6.07, 6.45) is 4.84. The molecule has 0 aliphatic carbocycles. The van der Waals surface area contributed by atoms with E-state index in [-0.39, 0.29) is 0 Å². The Kier molecular flexibility index (Phi) is 8.79. The minimum Gasteiger partial charge on any atom is -0.265 e. The van der Waals surface area contributed by atoms with Gasteiger partial charge in [0.2, 0.25) is 0 Å². The van der Waals surface area contributed by atoms with E-state index in [0.717, 1.165) is 0 Å².